The monoisotopic (exact) mass is 563 g/mol. The van der Waals surface area contributed by atoms with E-state index in [1.165, 1.54) is 0 Å². The van der Waals surface area contributed by atoms with Crippen molar-refractivity contribution in [3.63, 3.8) is 0 Å². The maximum Gasteiger partial charge on any atom is 0.339 e. The van der Waals surface area contributed by atoms with E-state index in [0.717, 1.165) is 44.3 Å². The molecule has 1 N–H and O–H groups in total. The lowest BCUT2D eigenvalue weighted by Crippen LogP contribution is -2.49. The van der Waals surface area contributed by atoms with E-state index in [1.807, 2.05) is 87.5 Å². The number of carbonyl (C=O) groups excluding carboxylic acids is 1. The van der Waals surface area contributed by atoms with Crippen molar-refractivity contribution in [3.8, 4) is 11.1 Å². The number of aliphatic carboxylic acids is 1. The van der Waals surface area contributed by atoms with Crippen LogP contribution < -0.4 is 5.63 Å². The number of rotatable bonds is 6. The van der Waals surface area contributed by atoms with Gasteiger partial charge in [-0.2, -0.15) is 0 Å². The number of benzene rings is 3. The van der Waals surface area contributed by atoms with Gasteiger partial charge >= 0.3 is 11.6 Å². The van der Waals surface area contributed by atoms with Crippen molar-refractivity contribution < 1.29 is 23.5 Å². The normalized spacial score (nSPS) is 14.9. The molecular formula is C35H33NO6. The van der Waals surface area contributed by atoms with Crippen molar-refractivity contribution in [1.29, 1.82) is 0 Å². The third kappa shape index (κ3) is 4.49. The van der Waals surface area contributed by atoms with Gasteiger partial charge in [-0.3, -0.25) is 9.59 Å². The Labute approximate surface area is 243 Å². The van der Waals surface area contributed by atoms with Crippen LogP contribution in [0.15, 0.2) is 80.4 Å². The molecule has 0 bridgehead atoms. The number of aryl methyl sites for hydroxylation is 3. The molecule has 7 nitrogen and oxygen atoms in total. The average Bonchev–Trinajstić information content (AvgIpc) is 3.34. The first-order valence-corrected chi connectivity index (χ1v) is 14.3. The average molecular weight is 564 g/mol. The standard InChI is InChI=1S/C35H33NO6/c1-21-26(14-15-29(37)36-18-16-35(17-19-36,34(39)40)25-12-8-5-9-13-25)33(38)42-31-22(2)32-28(20-27(21)31)30(23(3)41-32)24-10-6-4-7-11-24/h4-13,20H,14-19H2,1-3H3,(H,39,40). The Hall–Kier alpha value is -4.65. The predicted octanol–water partition coefficient (Wildman–Crippen LogP) is 6.71. The topological polar surface area (TPSA) is 101 Å². The summed E-state index contributed by atoms with van der Waals surface area (Å²) in [6, 6.07) is 21.3. The quantitative estimate of drug-likeness (QED) is 0.231. The third-order valence-electron chi connectivity index (χ3n) is 8.99. The summed E-state index contributed by atoms with van der Waals surface area (Å²) in [6.07, 6.45) is 1.08. The molecule has 42 heavy (non-hydrogen) atoms. The Balaban J connectivity index is 1.26. The van der Waals surface area contributed by atoms with Crippen molar-refractivity contribution in [2.75, 3.05) is 13.1 Å². The van der Waals surface area contributed by atoms with Crippen molar-refractivity contribution in [2.45, 2.75) is 51.9 Å². The number of amides is 1. The zero-order valence-electron chi connectivity index (χ0n) is 24.0. The molecule has 0 atom stereocenters. The summed E-state index contributed by atoms with van der Waals surface area (Å²) in [5.74, 6) is -0.164. The molecule has 214 valence electrons. The first-order valence-electron chi connectivity index (χ1n) is 14.3. The van der Waals surface area contributed by atoms with Crippen LogP contribution in [0.25, 0.3) is 33.1 Å². The molecule has 1 saturated heterocycles. The molecule has 0 unspecified atom stereocenters. The largest absolute Gasteiger partial charge is 0.481 e. The Morgan fingerprint density at radius 2 is 1.48 bits per heavy atom. The van der Waals surface area contributed by atoms with Crippen LogP contribution in [-0.2, 0) is 21.4 Å². The highest BCUT2D eigenvalue weighted by Gasteiger charge is 2.43. The zero-order chi connectivity index (χ0) is 29.6. The van der Waals surface area contributed by atoms with Crippen LogP contribution in [0, 0.1) is 20.8 Å². The van der Waals surface area contributed by atoms with Crippen molar-refractivity contribution in [3.05, 3.63) is 105 Å². The fraction of sp³-hybridized carbons (Fsp3) is 0.286. The van der Waals surface area contributed by atoms with Crippen LogP contribution in [0.1, 0.15) is 47.3 Å². The van der Waals surface area contributed by atoms with Crippen LogP contribution in [0.4, 0.5) is 0 Å². The number of carboxylic acids is 1. The summed E-state index contributed by atoms with van der Waals surface area (Å²) >= 11 is 0. The molecule has 2 aromatic heterocycles. The number of furan rings is 1. The molecule has 0 spiro atoms. The molecule has 1 aliphatic heterocycles. The molecule has 0 radical (unpaired) electrons. The van der Waals surface area contributed by atoms with Crippen LogP contribution in [0.2, 0.25) is 0 Å². The second kappa shape index (κ2) is 10.6. The van der Waals surface area contributed by atoms with E-state index in [2.05, 4.69) is 0 Å². The van der Waals surface area contributed by atoms with Gasteiger partial charge in [0.25, 0.3) is 0 Å². The highest BCUT2D eigenvalue weighted by Crippen LogP contribution is 2.40. The lowest BCUT2D eigenvalue weighted by molar-refractivity contribution is -0.148. The highest BCUT2D eigenvalue weighted by molar-refractivity contribution is 6.05. The summed E-state index contributed by atoms with van der Waals surface area (Å²) in [5, 5.41) is 11.9. The Kier molecular flexibility index (Phi) is 6.97. The van der Waals surface area contributed by atoms with Crippen molar-refractivity contribution in [1.82, 2.24) is 4.90 Å². The molecule has 6 rings (SSSR count). The summed E-state index contributed by atoms with van der Waals surface area (Å²) in [4.78, 5) is 40.4. The van der Waals surface area contributed by atoms with Crippen LogP contribution in [0.5, 0.6) is 0 Å². The minimum atomic E-state index is -0.999. The fourth-order valence-electron chi connectivity index (χ4n) is 6.54. The molecule has 0 aliphatic carbocycles. The highest BCUT2D eigenvalue weighted by atomic mass is 16.4. The maximum absolute atomic E-state index is 13.2. The summed E-state index contributed by atoms with van der Waals surface area (Å²) < 4.78 is 12.0. The minimum absolute atomic E-state index is 0.0931. The lowest BCUT2D eigenvalue weighted by Gasteiger charge is -2.39. The van der Waals surface area contributed by atoms with E-state index in [1.54, 1.807) is 4.90 Å². The van der Waals surface area contributed by atoms with Gasteiger partial charge in [-0.1, -0.05) is 60.7 Å². The molecule has 5 aromatic rings. The number of fused-ring (bicyclic) bond motifs is 2. The van der Waals surface area contributed by atoms with Gasteiger partial charge in [-0.15, -0.1) is 0 Å². The summed E-state index contributed by atoms with van der Waals surface area (Å²) in [6.45, 7) is 6.45. The van der Waals surface area contributed by atoms with Crippen LogP contribution >= 0.6 is 0 Å². The molecule has 7 heteroatoms. The molecule has 1 fully saturated rings. The van der Waals surface area contributed by atoms with E-state index in [0.29, 0.717) is 42.7 Å². The number of likely N-dealkylation sites (tertiary alicyclic amines) is 1. The third-order valence-corrected chi connectivity index (χ3v) is 8.99. The second-order valence-electron chi connectivity index (χ2n) is 11.3. The Morgan fingerprint density at radius 3 is 2.12 bits per heavy atom. The number of hydrogen-bond acceptors (Lipinski definition) is 5. The number of carbonyl (C=O) groups is 2. The predicted molar refractivity (Wildman–Crippen MR) is 162 cm³/mol. The SMILES string of the molecule is Cc1oc2c(C)c3oc(=O)c(CCC(=O)N4CCC(C(=O)O)(c5ccccc5)CC4)c(C)c3cc2c1-c1ccccc1. The Bertz CT molecular complexity index is 1880. The van der Waals surface area contributed by atoms with Gasteiger partial charge < -0.3 is 18.8 Å². The van der Waals surface area contributed by atoms with Crippen molar-refractivity contribution >= 4 is 33.8 Å². The molecule has 0 saturated carbocycles. The number of nitrogens with zero attached hydrogens (tertiary/aromatic N) is 1. The van der Waals surface area contributed by atoms with Gasteiger partial charge in [0.05, 0.1) is 5.41 Å². The van der Waals surface area contributed by atoms with E-state index in [9.17, 15) is 19.5 Å². The van der Waals surface area contributed by atoms with E-state index in [-0.39, 0.29) is 18.7 Å². The second-order valence-corrected chi connectivity index (χ2v) is 11.3. The molecule has 3 aromatic carbocycles. The van der Waals surface area contributed by atoms with Gasteiger partial charge in [0.2, 0.25) is 5.91 Å². The first-order chi connectivity index (χ1) is 20.2. The molecule has 3 heterocycles. The number of carboxylic acid groups (broad SMARTS) is 1. The summed E-state index contributed by atoms with van der Waals surface area (Å²) in [5.41, 5.74) is 4.62. The number of piperidine rings is 1. The van der Waals surface area contributed by atoms with Crippen molar-refractivity contribution in [2.24, 2.45) is 0 Å². The summed E-state index contributed by atoms with van der Waals surface area (Å²) in [7, 11) is 0. The molecule has 1 aliphatic rings. The van der Waals surface area contributed by atoms with Gasteiger partial charge in [0.1, 0.15) is 16.9 Å². The lowest BCUT2D eigenvalue weighted by atomic mass is 9.73. The van der Waals surface area contributed by atoms with Gasteiger partial charge in [0, 0.05) is 47.0 Å². The van der Waals surface area contributed by atoms with E-state index in [4.69, 9.17) is 8.83 Å². The van der Waals surface area contributed by atoms with Gasteiger partial charge in [0.15, 0.2) is 0 Å². The Morgan fingerprint density at radius 1 is 0.857 bits per heavy atom. The minimum Gasteiger partial charge on any atom is -0.481 e. The number of hydrogen-bond donors (Lipinski definition) is 1. The van der Waals surface area contributed by atoms with Crippen LogP contribution in [0.3, 0.4) is 0 Å². The van der Waals surface area contributed by atoms with Crippen LogP contribution in [-0.4, -0.2) is 35.0 Å². The van der Waals surface area contributed by atoms with Gasteiger partial charge in [-0.05, 0) is 62.8 Å². The molecule has 1 amide bonds. The van der Waals surface area contributed by atoms with E-state index >= 15 is 0 Å². The molecular weight excluding hydrogens is 530 g/mol. The fourth-order valence-corrected chi connectivity index (χ4v) is 6.54. The first kappa shape index (κ1) is 27.5. The zero-order valence-corrected chi connectivity index (χ0v) is 24.0. The smallest absolute Gasteiger partial charge is 0.339 e. The van der Waals surface area contributed by atoms with E-state index < -0.39 is 17.0 Å². The van der Waals surface area contributed by atoms with Gasteiger partial charge in [-0.25, -0.2) is 4.79 Å². The maximum atomic E-state index is 13.2.